The minimum Gasteiger partial charge on any atom is -0.333 e. The SMILES string of the molecule is CN1C(c2ccccc2)=NC(c2ccccc2)=NC1c1ccc(-n2c3ccccc3c3ccc4c5ccccc5n(-c5ccccc5)c4c32)nc1. The molecular formula is C45H32N6. The summed E-state index contributed by atoms with van der Waals surface area (Å²) in [5, 5.41) is 4.82. The van der Waals surface area contributed by atoms with Gasteiger partial charge in [0.05, 0.1) is 22.1 Å². The van der Waals surface area contributed by atoms with Gasteiger partial charge >= 0.3 is 0 Å². The standard InChI is InChI=1S/C45H32N6/c1-49-44(31-17-7-3-8-18-31)47-43(30-15-5-2-6-16-30)48-45(49)32-25-28-40(46-29-32)51-39-24-14-12-22-35(39)37-27-26-36-34-21-11-13-23-38(34)50(41(36)42(37)51)33-19-9-4-10-20-33/h2-29,45H,1H3. The Morgan fingerprint density at radius 3 is 1.67 bits per heavy atom. The van der Waals surface area contributed by atoms with E-state index in [1.807, 2.05) is 42.6 Å². The summed E-state index contributed by atoms with van der Waals surface area (Å²) in [4.78, 5) is 17.6. The van der Waals surface area contributed by atoms with Crippen molar-refractivity contribution in [1.29, 1.82) is 0 Å². The Morgan fingerprint density at radius 2 is 1.04 bits per heavy atom. The second kappa shape index (κ2) is 11.7. The lowest BCUT2D eigenvalue weighted by Crippen LogP contribution is -2.35. The molecule has 0 radical (unpaired) electrons. The predicted octanol–water partition coefficient (Wildman–Crippen LogP) is 10.1. The molecule has 0 spiro atoms. The van der Waals surface area contributed by atoms with Gasteiger partial charge in [-0.25, -0.2) is 15.0 Å². The van der Waals surface area contributed by atoms with Gasteiger partial charge < -0.3 is 9.47 Å². The van der Waals surface area contributed by atoms with Crippen molar-refractivity contribution in [3.8, 4) is 11.5 Å². The van der Waals surface area contributed by atoms with Gasteiger partial charge in [-0.2, -0.15) is 0 Å². The first-order valence-corrected chi connectivity index (χ1v) is 17.2. The number of para-hydroxylation sites is 3. The fourth-order valence-corrected chi connectivity index (χ4v) is 7.67. The van der Waals surface area contributed by atoms with Crippen LogP contribution in [0.25, 0.3) is 55.1 Å². The third-order valence-electron chi connectivity index (χ3n) is 10.0. The van der Waals surface area contributed by atoms with E-state index in [1.54, 1.807) is 0 Å². The van der Waals surface area contributed by atoms with Gasteiger partial charge in [0.1, 0.15) is 11.7 Å². The normalized spacial score (nSPS) is 14.8. The van der Waals surface area contributed by atoms with E-state index >= 15 is 0 Å². The average molecular weight is 657 g/mol. The molecule has 1 atom stereocenters. The Bertz CT molecular complexity index is 2790. The highest BCUT2D eigenvalue weighted by Crippen LogP contribution is 2.41. The van der Waals surface area contributed by atoms with Crippen molar-refractivity contribution < 1.29 is 0 Å². The number of benzene rings is 6. The summed E-state index contributed by atoms with van der Waals surface area (Å²) >= 11 is 0. The molecule has 1 aliphatic rings. The molecule has 6 nitrogen and oxygen atoms in total. The van der Waals surface area contributed by atoms with Crippen LogP contribution < -0.4 is 0 Å². The van der Waals surface area contributed by atoms with Crippen LogP contribution in [0.1, 0.15) is 22.9 Å². The molecular weight excluding hydrogens is 625 g/mol. The molecule has 0 amide bonds. The topological polar surface area (TPSA) is 50.7 Å². The van der Waals surface area contributed by atoms with Gasteiger partial charge in [-0.15, -0.1) is 0 Å². The third kappa shape index (κ3) is 4.61. The molecule has 242 valence electrons. The number of pyridine rings is 1. The number of hydrogen-bond donors (Lipinski definition) is 0. The fourth-order valence-electron chi connectivity index (χ4n) is 7.67. The van der Waals surface area contributed by atoms with Crippen LogP contribution in [0.5, 0.6) is 0 Å². The Labute approximate surface area is 294 Å². The summed E-state index contributed by atoms with van der Waals surface area (Å²) in [6.45, 7) is 0. The molecule has 3 aromatic heterocycles. The summed E-state index contributed by atoms with van der Waals surface area (Å²) < 4.78 is 4.73. The summed E-state index contributed by atoms with van der Waals surface area (Å²) in [7, 11) is 2.06. The van der Waals surface area contributed by atoms with Gasteiger partial charge in [0.15, 0.2) is 12.0 Å². The molecule has 0 saturated heterocycles. The summed E-state index contributed by atoms with van der Waals surface area (Å²) in [6.07, 6.45) is 1.67. The van der Waals surface area contributed by atoms with Gasteiger partial charge in [0.2, 0.25) is 0 Å². The van der Waals surface area contributed by atoms with E-state index in [4.69, 9.17) is 15.0 Å². The maximum atomic E-state index is 5.21. The van der Waals surface area contributed by atoms with Gasteiger partial charge in [-0.05, 0) is 36.4 Å². The van der Waals surface area contributed by atoms with Crippen LogP contribution in [-0.2, 0) is 0 Å². The van der Waals surface area contributed by atoms with E-state index in [2.05, 4.69) is 148 Å². The number of fused-ring (bicyclic) bond motifs is 7. The van der Waals surface area contributed by atoms with Crippen LogP contribution in [0.3, 0.4) is 0 Å². The highest BCUT2D eigenvalue weighted by Gasteiger charge is 2.27. The first-order chi connectivity index (χ1) is 25.2. The molecule has 0 N–H and O–H groups in total. The summed E-state index contributed by atoms with van der Waals surface area (Å²) in [6, 6.07) is 57.3. The van der Waals surface area contributed by atoms with E-state index in [0.29, 0.717) is 5.84 Å². The number of aliphatic imine (C=N–C) groups is 2. The lowest BCUT2D eigenvalue weighted by Gasteiger charge is -2.32. The molecule has 6 aromatic carbocycles. The van der Waals surface area contributed by atoms with E-state index in [9.17, 15) is 0 Å². The van der Waals surface area contributed by atoms with Crippen molar-refractivity contribution in [1.82, 2.24) is 19.0 Å². The molecule has 1 aliphatic heterocycles. The second-order valence-electron chi connectivity index (χ2n) is 13.0. The van der Waals surface area contributed by atoms with Crippen molar-refractivity contribution in [2.75, 3.05) is 7.05 Å². The lowest BCUT2D eigenvalue weighted by molar-refractivity contribution is 0.382. The lowest BCUT2D eigenvalue weighted by atomic mass is 10.1. The smallest absolute Gasteiger partial charge is 0.159 e. The highest BCUT2D eigenvalue weighted by atomic mass is 15.3. The van der Waals surface area contributed by atoms with Gasteiger partial charge in [-0.1, -0.05) is 127 Å². The quantitative estimate of drug-likeness (QED) is 0.185. The average Bonchev–Trinajstić information content (AvgIpc) is 3.72. The van der Waals surface area contributed by atoms with Crippen molar-refractivity contribution in [3.05, 3.63) is 187 Å². The summed E-state index contributed by atoms with van der Waals surface area (Å²) in [5.41, 5.74) is 8.72. The van der Waals surface area contributed by atoms with E-state index < -0.39 is 0 Å². The zero-order valence-corrected chi connectivity index (χ0v) is 27.9. The molecule has 0 fully saturated rings. The molecule has 0 bridgehead atoms. The molecule has 4 heterocycles. The van der Waals surface area contributed by atoms with Crippen molar-refractivity contribution in [2.24, 2.45) is 9.98 Å². The zero-order valence-electron chi connectivity index (χ0n) is 27.9. The molecule has 1 unspecified atom stereocenters. The maximum Gasteiger partial charge on any atom is 0.159 e. The van der Waals surface area contributed by atoms with Crippen LogP contribution in [0, 0.1) is 0 Å². The zero-order chi connectivity index (χ0) is 33.9. The van der Waals surface area contributed by atoms with Gasteiger partial charge in [0, 0.05) is 57.2 Å². The maximum absolute atomic E-state index is 5.21. The Hall–Kier alpha value is -6.79. The van der Waals surface area contributed by atoms with E-state index in [0.717, 1.165) is 50.6 Å². The third-order valence-corrected chi connectivity index (χ3v) is 10.0. The van der Waals surface area contributed by atoms with E-state index in [-0.39, 0.29) is 6.17 Å². The Morgan fingerprint density at radius 1 is 0.490 bits per heavy atom. The van der Waals surface area contributed by atoms with Crippen LogP contribution in [-0.4, -0.2) is 37.7 Å². The predicted molar refractivity (Wildman–Crippen MR) is 209 cm³/mol. The van der Waals surface area contributed by atoms with Gasteiger partial charge in [-0.3, -0.25) is 4.57 Å². The highest BCUT2D eigenvalue weighted by molar-refractivity contribution is 6.23. The molecule has 51 heavy (non-hydrogen) atoms. The Balaban J connectivity index is 1.18. The molecule has 9 aromatic rings. The van der Waals surface area contributed by atoms with Crippen LogP contribution in [0.4, 0.5) is 0 Å². The summed E-state index contributed by atoms with van der Waals surface area (Å²) in [5.74, 6) is 2.43. The van der Waals surface area contributed by atoms with Crippen molar-refractivity contribution in [2.45, 2.75) is 6.17 Å². The Kier molecular flexibility index (Phi) is 6.67. The minimum atomic E-state index is -0.306. The minimum absolute atomic E-state index is 0.306. The van der Waals surface area contributed by atoms with Crippen molar-refractivity contribution in [3.63, 3.8) is 0 Å². The molecule has 0 aliphatic carbocycles. The number of nitrogens with zero attached hydrogens (tertiary/aromatic N) is 6. The van der Waals surface area contributed by atoms with Gasteiger partial charge in [0.25, 0.3) is 0 Å². The van der Waals surface area contributed by atoms with Crippen LogP contribution in [0.2, 0.25) is 0 Å². The number of amidine groups is 2. The van der Waals surface area contributed by atoms with E-state index in [1.165, 1.54) is 27.1 Å². The molecule has 10 rings (SSSR count). The largest absolute Gasteiger partial charge is 0.333 e. The first-order valence-electron chi connectivity index (χ1n) is 17.2. The number of rotatable bonds is 5. The number of hydrogen-bond acceptors (Lipinski definition) is 4. The molecule has 0 saturated carbocycles. The monoisotopic (exact) mass is 656 g/mol. The van der Waals surface area contributed by atoms with Crippen LogP contribution in [0.15, 0.2) is 180 Å². The fraction of sp³-hybridized carbons (Fsp3) is 0.0444. The molecule has 6 heteroatoms. The second-order valence-corrected chi connectivity index (χ2v) is 13.0. The van der Waals surface area contributed by atoms with Crippen molar-refractivity contribution >= 4 is 55.3 Å². The van der Waals surface area contributed by atoms with Crippen LogP contribution >= 0.6 is 0 Å². The first kappa shape index (κ1) is 29.2. The number of aromatic nitrogens is 3.